The van der Waals surface area contributed by atoms with E-state index < -0.39 is 10.8 Å². The maximum Gasteiger partial charge on any atom is 0.257 e. The van der Waals surface area contributed by atoms with Gasteiger partial charge in [0, 0.05) is 23.6 Å². The van der Waals surface area contributed by atoms with Gasteiger partial charge in [-0.25, -0.2) is 0 Å². The fourth-order valence-corrected chi connectivity index (χ4v) is 4.24. The van der Waals surface area contributed by atoms with Crippen molar-refractivity contribution in [1.82, 2.24) is 4.98 Å². The van der Waals surface area contributed by atoms with Crippen molar-refractivity contribution in [3.8, 4) is 0 Å². The van der Waals surface area contributed by atoms with Gasteiger partial charge in [-0.1, -0.05) is 12.1 Å². The fraction of sp³-hybridized carbons (Fsp3) is 0.294. The number of anilines is 1. The summed E-state index contributed by atoms with van der Waals surface area (Å²) in [6, 6.07) is 9.43. The first-order valence-corrected chi connectivity index (χ1v) is 8.82. The highest BCUT2D eigenvalue weighted by atomic mass is 32.2. The summed E-state index contributed by atoms with van der Waals surface area (Å²) in [6.45, 7) is 0. The fourth-order valence-electron chi connectivity index (χ4n) is 2.81. The van der Waals surface area contributed by atoms with Gasteiger partial charge in [0.15, 0.2) is 0 Å². The number of aromatic nitrogens is 1. The number of pyridine rings is 1. The Morgan fingerprint density at radius 1 is 1.23 bits per heavy atom. The zero-order valence-electron chi connectivity index (χ0n) is 12.0. The lowest BCUT2D eigenvalue weighted by Gasteiger charge is -2.09. The van der Waals surface area contributed by atoms with Crippen LogP contribution < -0.4 is 5.32 Å². The van der Waals surface area contributed by atoms with Gasteiger partial charge in [0.2, 0.25) is 0 Å². The molecule has 1 aromatic carbocycles. The van der Waals surface area contributed by atoms with Crippen molar-refractivity contribution < 1.29 is 9.00 Å². The Hall–Kier alpha value is -2.01. The second kappa shape index (κ2) is 5.32. The number of nitrogens with zero attached hydrogens (tertiary/aromatic N) is 1. The monoisotopic (exact) mass is 312 g/mol. The molecule has 1 atom stereocenters. The van der Waals surface area contributed by atoms with Gasteiger partial charge in [-0.2, -0.15) is 0 Å². The van der Waals surface area contributed by atoms with Gasteiger partial charge >= 0.3 is 0 Å². The molecule has 0 saturated heterocycles. The Kier molecular flexibility index (Phi) is 3.30. The van der Waals surface area contributed by atoms with Crippen LogP contribution in [0.3, 0.4) is 0 Å². The highest BCUT2D eigenvalue weighted by Gasteiger charge is 2.25. The molecule has 1 saturated carbocycles. The van der Waals surface area contributed by atoms with Crippen molar-refractivity contribution in [2.45, 2.75) is 30.1 Å². The van der Waals surface area contributed by atoms with E-state index in [9.17, 15) is 9.00 Å². The molecular weight excluding hydrogens is 296 g/mol. The van der Waals surface area contributed by atoms with Crippen molar-refractivity contribution in [2.75, 3.05) is 11.1 Å². The molecule has 1 aliphatic heterocycles. The molecule has 2 aliphatic rings. The Bertz CT molecular complexity index is 767. The summed E-state index contributed by atoms with van der Waals surface area (Å²) in [7, 11) is -1.01. The first-order valence-electron chi connectivity index (χ1n) is 7.50. The van der Waals surface area contributed by atoms with E-state index in [4.69, 9.17) is 0 Å². The van der Waals surface area contributed by atoms with Gasteiger partial charge in [0.1, 0.15) is 0 Å². The Labute approximate surface area is 131 Å². The van der Waals surface area contributed by atoms with Crippen LogP contribution in [0.2, 0.25) is 0 Å². The number of benzene rings is 1. The first-order chi connectivity index (χ1) is 10.7. The van der Waals surface area contributed by atoms with Crippen LogP contribution in [0.1, 0.15) is 40.4 Å². The second-order valence-corrected chi connectivity index (χ2v) is 7.30. The van der Waals surface area contributed by atoms with Crippen LogP contribution in [0.15, 0.2) is 41.4 Å². The van der Waals surface area contributed by atoms with E-state index in [-0.39, 0.29) is 5.91 Å². The van der Waals surface area contributed by atoms with E-state index in [1.54, 1.807) is 6.20 Å². The molecule has 2 aromatic rings. The summed E-state index contributed by atoms with van der Waals surface area (Å²) in [5, 5.41) is 2.88. The maximum absolute atomic E-state index is 12.4. The molecule has 1 N–H and O–H groups in total. The van der Waals surface area contributed by atoms with E-state index in [0.717, 1.165) is 22.6 Å². The maximum atomic E-state index is 12.4. The van der Waals surface area contributed by atoms with E-state index in [2.05, 4.69) is 10.3 Å². The van der Waals surface area contributed by atoms with Crippen LogP contribution in [0.25, 0.3) is 0 Å². The standard InChI is InChI=1S/C17H16N2O2S/c20-17(13-6-7-14(18-10-13)11-4-5-11)19-15-3-1-2-12-8-9-22(21)16(12)15/h1-3,6-7,10-11H,4-5,8-9H2,(H,19,20). The minimum absolute atomic E-state index is 0.202. The van der Waals surface area contributed by atoms with E-state index in [0.29, 0.717) is 22.9 Å². The molecule has 4 nitrogen and oxygen atoms in total. The van der Waals surface area contributed by atoms with Gasteiger partial charge in [-0.15, -0.1) is 0 Å². The van der Waals surface area contributed by atoms with Gasteiger partial charge in [-0.05, 0) is 43.0 Å². The highest BCUT2D eigenvalue weighted by molar-refractivity contribution is 7.85. The molecule has 0 bridgehead atoms. The van der Waals surface area contributed by atoms with Gasteiger partial charge in [0.05, 0.1) is 26.9 Å². The number of nitrogens with one attached hydrogen (secondary N) is 1. The normalized spacial score (nSPS) is 19.7. The molecule has 1 aliphatic carbocycles. The Morgan fingerprint density at radius 2 is 2.09 bits per heavy atom. The van der Waals surface area contributed by atoms with Crippen LogP contribution in [0.5, 0.6) is 0 Å². The molecule has 22 heavy (non-hydrogen) atoms. The third-order valence-electron chi connectivity index (χ3n) is 4.17. The van der Waals surface area contributed by atoms with Crippen molar-refractivity contribution >= 4 is 22.4 Å². The third kappa shape index (κ3) is 2.46. The zero-order valence-corrected chi connectivity index (χ0v) is 12.9. The van der Waals surface area contributed by atoms with Gasteiger partial charge in [0.25, 0.3) is 5.91 Å². The molecule has 2 heterocycles. The van der Waals surface area contributed by atoms with Crippen molar-refractivity contribution in [3.05, 3.63) is 53.3 Å². The van der Waals surface area contributed by atoms with Crippen LogP contribution in [-0.2, 0) is 17.2 Å². The highest BCUT2D eigenvalue weighted by Crippen LogP contribution is 2.38. The first kappa shape index (κ1) is 13.6. The molecule has 4 rings (SSSR count). The average molecular weight is 312 g/mol. The molecule has 0 radical (unpaired) electrons. The summed E-state index contributed by atoms with van der Waals surface area (Å²) in [6.07, 6.45) is 4.83. The van der Waals surface area contributed by atoms with E-state index >= 15 is 0 Å². The predicted octanol–water partition coefficient (Wildman–Crippen LogP) is 2.88. The van der Waals surface area contributed by atoms with Crippen LogP contribution >= 0.6 is 0 Å². The number of fused-ring (bicyclic) bond motifs is 1. The molecule has 5 heteroatoms. The zero-order chi connectivity index (χ0) is 15.1. The molecule has 1 amide bonds. The number of aryl methyl sites for hydroxylation is 1. The smallest absolute Gasteiger partial charge is 0.257 e. The van der Waals surface area contributed by atoms with Crippen LogP contribution in [0.4, 0.5) is 5.69 Å². The number of hydrogen-bond acceptors (Lipinski definition) is 3. The molecule has 0 spiro atoms. The number of carbonyl (C=O) groups excluding carboxylic acids is 1. The lowest BCUT2D eigenvalue weighted by Crippen LogP contribution is -2.14. The van der Waals surface area contributed by atoms with Gasteiger partial charge in [-0.3, -0.25) is 14.0 Å². The minimum Gasteiger partial charge on any atom is -0.321 e. The molecule has 1 fully saturated rings. The second-order valence-electron chi connectivity index (χ2n) is 5.79. The summed E-state index contributed by atoms with van der Waals surface area (Å²) in [5.41, 5.74) is 3.33. The van der Waals surface area contributed by atoms with Crippen LogP contribution in [-0.4, -0.2) is 20.9 Å². The number of hydrogen-bond donors (Lipinski definition) is 1. The lowest BCUT2D eigenvalue weighted by atomic mass is 10.1. The Morgan fingerprint density at radius 3 is 2.82 bits per heavy atom. The summed E-state index contributed by atoms with van der Waals surface area (Å²) in [5.74, 6) is 1.02. The van der Waals surface area contributed by atoms with Crippen molar-refractivity contribution in [3.63, 3.8) is 0 Å². The topological polar surface area (TPSA) is 59.1 Å². The predicted molar refractivity (Wildman–Crippen MR) is 85.6 cm³/mol. The summed E-state index contributed by atoms with van der Waals surface area (Å²) >= 11 is 0. The largest absolute Gasteiger partial charge is 0.321 e. The van der Waals surface area contributed by atoms with Crippen LogP contribution in [0, 0.1) is 0 Å². The van der Waals surface area contributed by atoms with Gasteiger partial charge < -0.3 is 5.32 Å². The van der Waals surface area contributed by atoms with E-state index in [1.807, 2.05) is 30.3 Å². The SMILES string of the molecule is O=C(Nc1cccc2c1S(=O)CC2)c1ccc(C2CC2)nc1. The lowest BCUT2D eigenvalue weighted by molar-refractivity contribution is 0.102. The minimum atomic E-state index is -1.01. The summed E-state index contributed by atoms with van der Waals surface area (Å²) < 4.78 is 12.1. The summed E-state index contributed by atoms with van der Waals surface area (Å²) in [4.78, 5) is 17.5. The average Bonchev–Trinajstić information content (AvgIpc) is 3.32. The quantitative estimate of drug-likeness (QED) is 0.948. The number of carbonyl (C=O) groups is 1. The van der Waals surface area contributed by atoms with E-state index in [1.165, 1.54) is 12.8 Å². The number of amides is 1. The Balaban J connectivity index is 1.57. The van der Waals surface area contributed by atoms with Crippen molar-refractivity contribution in [2.24, 2.45) is 0 Å². The molecule has 112 valence electrons. The molecule has 1 aromatic heterocycles. The third-order valence-corrected chi connectivity index (χ3v) is 5.69. The molecular formula is C17H16N2O2S. The number of rotatable bonds is 3. The van der Waals surface area contributed by atoms with Crippen molar-refractivity contribution in [1.29, 1.82) is 0 Å². The molecule has 1 unspecified atom stereocenters.